The summed E-state index contributed by atoms with van der Waals surface area (Å²) >= 11 is 1.35. The van der Waals surface area contributed by atoms with Crippen LogP contribution in [0.15, 0.2) is 14.2 Å². The van der Waals surface area contributed by atoms with Crippen LogP contribution in [0.25, 0.3) is 0 Å². The molecule has 0 fully saturated rings. The number of hydrogen-bond donors (Lipinski definition) is 1. The fraction of sp³-hybridized carbons (Fsp3) is 0.600. The Kier molecular flexibility index (Phi) is 3.67. The first kappa shape index (κ1) is 13.0. The molecule has 2 heterocycles. The Morgan fingerprint density at radius 2 is 2.06 bits per heavy atom. The van der Waals surface area contributed by atoms with Crippen LogP contribution < -0.4 is 5.73 Å². The average molecular weight is 269 g/mol. The van der Waals surface area contributed by atoms with Crippen LogP contribution >= 0.6 is 11.8 Å². The number of hydrogen-bond acceptors (Lipinski definition) is 8. The van der Waals surface area contributed by atoms with Gasteiger partial charge < -0.3 is 14.7 Å². The second-order valence-corrected chi connectivity index (χ2v) is 5.65. The molecule has 0 aromatic carbocycles. The molecule has 2 aromatic rings. The zero-order chi connectivity index (χ0) is 13.2. The minimum atomic E-state index is -0.146. The summed E-state index contributed by atoms with van der Waals surface area (Å²) in [5.74, 6) is 2.16. The minimum absolute atomic E-state index is 0.146. The Balaban J connectivity index is 1.96. The summed E-state index contributed by atoms with van der Waals surface area (Å²) in [6, 6.07) is 0. The highest BCUT2D eigenvalue weighted by molar-refractivity contribution is 7.98. The van der Waals surface area contributed by atoms with E-state index in [4.69, 9.17) is 14.7 Å². The van der Waals surface area contributed by atoms with Crippen molar-refractivity contribution in [1.82, 2.24) is 20.3 Å². The van der Waals surface area contributed by atoms with Crippen LogP contribution in [0, 0.1) is 0 Å². The molecule has 0 aliphatic rings. The van der Waals surface area contributed by atoms with Crippen molar-refractivity contribution in [3.05, 3.63) is 17.6 Å². The Hall–Kier alpha value is -1.41. The van der Waals surface area contributed by atoms with Gasteiger partial charge in [-0.1, -0.05) is 37.7 Å². The zero-order valence-electron chi connectivity index (χ0n) is 10.5. The monoisotopic (exact) mass is 269 g/mol. The van der Waals surface area contributed by atoms with E-state index in [-0.39, 0.29) is 12.0 Å². The topological polar surface area (TPSA) is 104 Å². The van der Waals surface area contributed by atoms with Crippen LogP contribution in [0.3, 0.4) is 0 Å². The molecule has 2 rings (SSSR count). The molecule has 0 saturated heterocycles. The van der Waals surface area contributed by atoms with Crippen molar-refractivity contribution in [1.29, 1.82) is 0 Å². The van der Waals surface area contributed by atoms with Gasteiger partial charge in [0.1, 0.15) is 0 Å². The van der Waals surface area contributed by atoms with Crippen molar-refractivity contribution in [3.8, 4) is 0 Å². The van der Waals surface area contributed by atoms with Crippen LogP contribution in [0.4, 0.5) is 0 Å². The first-order valence-electron chi connectivity index (χ1n) is 5.47. The second kappa shape index (κ2) is 5.07. The van der Waals surface area contributed by atoms with Crippen molar-refractivity contribution in [2.45, 2.75) is 43.7 Å². The van der Waals surface area contributed by atoms with Crippen molar-refractivity contribution in [2.24, 2.45) is 5.73 Å². The fourth-order valence-electron chi connectivity index (χ4n) is 1.12. The number of aromatic nitrogens is 4. The summed E-state index contributed by atoms with van der Waals surface area (Å²) in [5.41, 5.74) is 5.23. The van der Waals surface area contributed by atoms with Gasteiger partial charge in [-0.05, 0) is 0 Å². The van der Waals surface area contributed by atoms with Gasteiger partial charge in [-0.15, -0.1) is 10.2 Å². The summed E-state index contributed by atoms with van der Waals surface area (Å²) in [6.45, 7) is 6.29. The van der Waals surface area contributed by atoms with Gasteiger partial charge in [0.25, 0.3) is 5.22 Å². The van der Waals surface area contributed by atoms with Gasteiger partial charge >= 0.3 is 0 Å². The third-order valence-electron chi connectivity index (χ3n) is 2.06. The predicted molar refractivity (Wildman–Crippen MR) is 64.7 cm³/mol. The fourth-order valence-corrected chi connectivity index (χ4v) is 1.75. The normalized spacial score (nSPS) is 12.0. The summed E-state index contributed by atoms with van der Waals surface area (Å²) in [7, 11) is 0. The van der Waals surface area contributed by atoms with E-state index < -0.39 is 0 Å². The van der Waals surface area contributed by atoms with Crippen LogP contribution in [0.5, 0.6) is 0 Å². The maximum atomic E-state index is 5.38. The Morgan fingerprint density at radius 1 is 1.28 bits per heavy atom. The quantitative estimate of drug-likeness (QED) is 0.833. The molecule has 7 nitrogen and oxygen atoms in total. The molecular weight excluding hydrogens is 254 g/mol. The molecule has 0 unspecified atom stereocenters. The van der Waals surface area contributed by atoms with Gasteiger partial charge in [0.15, 0.2) is 5.82 Å². The van der Waals surface area contributed by atoms with Crippen LogP contribution in [0.1, 0.15) is 38.4 Å². The minimum Gasteiger partial charge on any atom is -0.415 e. The van der Waals surface area contributed by atoms with Crippen molar-refractivity contribution < 1.29 is 8.94 Å². The van der Waals surface area contributed by atoms with Gasteiger partial charge in [-0.25, -0.2) is 0 Å². The molecule has 8 heteroatoms. The molecule has 0 radical (unpaired) electrons. The second-order valence-electron chi connectivity index (χ2n) is 4.72. The number of rotatable bonds is 4. The van der Waals surface area contributed by atoms with E-state index in [1.807, 2.05) is 20.8 Å². The van der Waals surface area contributed by atoms with E-state index in [2.05, 4.69) is 20.3 Å². The summed E-state index contributed by atoms with van der Waals surface area (Å²) in [4.78, 5) is 4.31. The maximum absolute atomic E-state index is 5.38. The maximum Gasteiger partial charge on any atom is 0.277 e. The highest BCUT2D eigenvalue weighted by Crippen LogP contribution is 2.23. The molecule has 0 atom stereocenters. The smallest absolute Gasteiger partial charge is 0.277 e. The highest BCUT2D eigenvalue weighted by Gasteiger charge is 2.21. The highest BCUT2D eigenvalue weighted by atomic mass is 32.2. The van der Waals surface area contributed by atoms with E-state index >= 15 is 0 Å². The lowest BCUT2D eigenvalue weighted by atomic mass is 9.97. The molecule has 2 N–H and O–H groups in total. The number of thioether (sulfide) groups is 1. The molecule has 0 aliphatic carbocycles. The van der Waals surface area contributed by atoms with Gasteiger partial charge in [0.2, 0.25) is 11.8 Å². The summed E-state index contributed by atoms with van der Waals surface area (Å²) in [5, 5.41) is 12.0. The molecule has 0 saturated carbocycles. The van der Waals surface area contributed by atoms with E-state index in [0.29, 0.717) is 28.6 Å². The molecular formula is C10H15N5O2S. The van der Waals surface area contributed by atoms with Gasteiger partial charge in [0, 0.05) is 5.41 Å². The predicted octanol–water partition coefficient (Wildman–Crippen LogP) is 1.50. The lowest BCUT2D eigenvalue weighted by molar-refractivity contribution is 0.319. The van der Waals surface area contributed by atoms with E-state index in [1.165, 1.54) is 11.8 Å². The molecule has 0 aliphatic heterocycles. The molecule has 0 amide bonds. The van der Waals surface area contributed by atoms with Gasteiger partial charge in [-0.3, -0.25) is 0 Å². The first-order chi connectivity index (χ1) is 8.49. The molecule has 0 bridgehead atoms. The van der Waals surface area contributed by atoms with E-state index in [9.17, 15) is 0 Å². The zero-order valence-corrected chi connectivity index (χ0v) is 11.3. The number of nitrogens with two attached hydrogens (primary N) is 1. The molecule has 0 spiro atoms. The molecule has 18 heavy (non-hydrogen) atoms. The molecule has 2 aromatic heterocycles. The van der Waals surface area contributed by atoms with Crippen molar-refractivity contribution in [2.75, 3.05) is 0 Å². The average Bonchev–Trinajstić information content (AvgIpc) is 2.94. The van der Waals surface area contributed by atoms with E-state index in [0.717, 1.165) is 0 Å². The summed E-state index contributed by atoms with van der Waals surface area (Å²) < 4.78 is 10.4. The third-order valence-corrected chi connectivity index (χ3v) is 2.87. The lowest BCUT2D eigenvalue weighted by Crippen LogP contribution is -2.11. The number of nitrogens with zero attached hydrogens (tertiary/aromatic N) is 4. The van der Waals surface area contributed by atoms with Gasteiger partial charge in [0.05, 0.1) is 12.3 Å². The SMILES string of the molecule is CC(C)(C)c1nc(CSc2nnc(CN)o2)no1. The molecule has 98 valence electrons. The summed E-state index contributed by atoms with van der Waals surface area (Å²) in [6.07, 6.45) is 0. The van der Waals surface area contributed by atoms with E-state index in [1.54, 1.807) is 0 Å². The Bertz CT molecular complexity index is 516. The Morgan fingerprint density at radius 3 is 2.61 bits per heavy atom. The lowest BCUT2D eigenvalue weighted by Gasteiger charge is -2.10. The largest absolute Gasteiger partial charge is 0.415 e. The van der Waals surface area contributed by atoms with Crippen LogP contribution in [0.2, 0.25) is 0 Å². The third kappa shape index (κ3) is 3.08. The van der Waals surface area contributed by atoms with Crippen molar-refractivity contribution in [3.63, 3.8) is 0 Å². The van der Waals surface area contributed by atoms with Crippen LogP contribution in [-0.4, -0.2) is 20.3 Å². The van der Waals surface area contributed by atoms with Crippen molar-refractivity contribution >= 4 is 11.8 Å². The Labute approximate surface area is 109 Å². The van der Waals surface area contributed by atoms with Gasteiger partial charge in [-0.2, -0.15) is 4.98 Å². The van der Waals surface area contributed by atoms with Crippen LogP contribution in [-0.2, 0) is 17.7 Å². The standard InChI is InChI=1S/C10H15N5O2S/c1-10(2,3)8-12-6(15-17-8)5-18-9-14-13-7(4-11)16-9/h4-5,11H2,1-3H3. The first-order valence-corrected chi connectivity index (χ1v) is 6.46.